The maximum Gasteiger partial charge on any atom is 0.342 e. The van der Waals surface area contributed by atoms with Crippen LogP contribution in [-0.2, 0) is 11.3 Å². The SMILES string of the molecule is CCOC(=O)c1c(C)oc2ncn(CC)c(=O)c12. The van der Waals surface area contributed by atoms with Crippen LogP contribution in [0.25, 0.3) is 11.1 Å². The average molecular weight is 250 g/mol. The number of aryl methyl sites for hydroxylation is 2. The van der Waals surface area contributed by atoms with Gasteiger partial charge in [0.25, 0.3) is 5.56 Å². The lowest BCUT2D eigenvalue weighted by Crippen LogP contribution is -2.21. The number of esters is 1. The van der Waals surface area contributed by atoms with Crippen molar-refractivity contribution in [1.82, 2.24) is 9.55 Å². The molecular formula is C12H14N2O4. The minimum atomic E-state index is -0.554. The summed E-state index contributed by atoms with van der Waals surface area (Å²) >= 11 is 0. The molecule has 2 rings (SSSR count). The van der Waals surface area contributed by atoms with Gasteiger partial charge in [0.1, 0.15) is 23.0 Å². The van der Waals surface area contributed by atoms with Crippen molar-refractivity contribution in [3.8, 4) is 0 Å². The van der Waals surface area contributed by atoms with Gasteiger partial charge in [-0.25, -0.2) is 9.78 Å². The third kappa shape index (κ3) is 1.79. The average Bonchev–Trinajstić information content (AvgIpc) is 2.67. The van der Waals surface area contributed by atoms with Crippen LogP contribution in [0.3, 0.4) is 0 Å². The van der Waals surface area contributed by atoms with E-state index in [9.17, 15) is 9.59 Å². The van der Waals surface area contributed by atoms with E-state index in [2.05, 4.69) is 4.98 Å². The van der Waals surface area contributed by atoms with Crippen LogP contribution in [0.2, 0.25) is 0 Å². The Morgan fingerprint density at radius 1 is 1.50 bits per heavy atom. The number of nitrogens with zero attached hydrogens (tertiary/aromatic N) is 2. The van der Waals surface area contributed by atoms with E-state index in [4.69, 9.17) is 9.15 Å². The van der Waals surface area contributed by atoms with Crippen LogP contribution in [0, 0.1) is 6.92 Å². The summed E-state index contributed by atoms with van der Waals surface area (Å²) in [5.41, 5.74) is 0.0554. The minimum absolute atomic E-state index is 0.172. The second kappa shape index (κ2) is 4.64. The zero-order valence-electron chi connectivity index (χ0n) is 10.5. The van der Waals surface area contributed by atoms with Crippen molar-refractivity contribution >= 4 is 17.1 Å². The molecule has 2 aromatic rings. The Bertz CT molecular complexity index is 654. The van der Waals surface area contributed by atoms with Gasteiger partial charge >= 0.3 is 5.97 Å². The smallest absolute Gasteiger partial charge is 0.342 e. The number of rotatable bonds is 3. The van der Waals surface area contributed by atoms with Crippen molar-refractivity contribution in [2.24, 2.45) is 0 Å². The van der Waals surface area contributed by atoms with Gasteiger partial charge in [-0.2, -0.15) is 0 Å². The molecule has 6 nitrogen and oxygen atoms in total. The van der Waals surface area contributed by atoms with Gasteiger partial charge in [-0.3, -0.25) is 9.36 Å². The summed E-state index contributed by atoms with van der Waals surface area (Å²) in [6.07, 6.45) is 1.41. The predicted octanol–water partition coefficient (Wildman–Crippen LogP) is 1.49. The molecule has 0 aromatic carbocycles. The number of fused-ring (bicyclic) bond motifs is 1. The summed E-state index contributed by atoms with van der Waals surface area (Å²) in [5.74, 6) is -0.205. The van der Waals surface area contributed by atoms with Gasteiger partial charge in [-0.05, 0) is 20.8 Å². The normalized spacial score (nSPS) is 10.8. The first kappa shape index (κ1) is 12.3. The Labute approximate surface area is 103 Å². The summed E-state index contributed by atoms with van der Waals surface area (Å²) in [6.45, 7) is 5.87. The number of carbonyl (C=O) groups excluding carboxylic acids is 1. The van der Waals surface area contributed by atoms with Gasteiger partial charge in [0.15, 0.2) is 0 Å². The first-order valence-electron chi connectivity index (χ1n) is 5.75. The zero-order chi connectivity index (χ0) is 13.3. The van der Waals surface area contributed by atoms with Crippen molar-refractivity contribution in [3.63, 3.8) is 0 Å². The number of hydrogen-bond donors (Lipinski definition) is 0. The van der Waals surface area contributed by atoms with E-state index in [-0.39, 0.29) is 28.8 Å². The highest BCUT2D eigenvalue weighted by atomic mass is 16.5. The van der Waals surface area contributed by atoms with Crippen LogP contribution in [-0.4, -0.2) is 22.1 Å². The predicted molar refractivity (Wildman–Crippen MR) is 64.6 cm³/mol. The van der Waals surface area contributed by atoms with Gasteiger partial charge in [0, 0.05) is 6.54 Å². The van der Waals surface area contributed by atoms with Crippen LogP contribution in [0.4, 0.5) is 0 Å². The van der Waals surface area contributed by atoms with Crippen LogP contribution < -0.4 is 5.56 Å². The van der Waals surface area contributed by atoms with E-state index in [0.717, 1.165) is 0 Å². The van der Waals surface area contributed by atoms with Crippen molar-refractivity contribution in [1.29, 1.82) is 0 Å². The van der Waals surface area contributed by atoms with Crippen molar-refractivity contribution in [3.05, 3.63) is 28.0 Å². The molecular weight excluding hydrogens is 236 g/mol. The number of ether oxygens (including phenoxy) is 1. The van der Waals surface area contributed by atoms with Crippen LogP contribution >= 0.6 is 0 Å². The molecule has 0 fully saturated rings. The molecule has 0 spiro atoms. The Kier molecular flexibility index (Phi) is 3.18. The highest BCUT2D eigenvalue weighted by Crippen LogP contribution is 2.21. The number of furan rings is 1. The van der Waals surface area contributed by atoms with Gasteiger partial charge in [-0.15, -0.1) is 0 Å². The van der Waals surface area contributed by atoms with Crippen molar-refractivity contribution in [2.75, 3.05) is 6.61 Å². The summed E-state index contributed by atoms with van der Waals surface area (Å²) < 4.78 is 11.7. The molecule has 0 saturated carbocycles. The van der Waals surface area contributed by atoms with E-state index < -0.39 is 5.97 Å². The lowest BCUT2D eigenvalue weighted by atomic mass is 10.2. The molecule has 0 unspecified atom stereocenters. The molecule has 0 atom stereocenters. The summed E-state index contributed by atoms with van der Waals surface area (Å²) in [6, 6.07) is 0. The standard InChI is InChI=1S/C12H14N2O4/c1-4-14-6-13-10-9(11(14)15)8(7(3)18-10)12(16)17-5-2/h6H,4-5H2,1-3H3. The van der Waals surface area contributed by atoms with Gasteiger partial charge < -0.3 is 9.15 Å². The van der Waals surface area contributed by atoms with E-state index in [1.165, 1.54) is 10.9 Å². The van der Waals surface area contributed by atoms with Crippen molar-refractivity contribution in [2.45, 2.75) is 27.3 Å². The number of carbonyl (C=O) groups is 1. The van der Waals surface area contributed by atoms with E-state index in [1.54, 1.807) is 13.8 Å². The first-order valence-corrected chi connectivity index (χ1v) is 5.75. The second-order valence-electron chi connectivity index (χ2n) is 3.77. The molecule has 6 heteroatoms. The molecule has 2 aromatic heterocycles. The van der Waals surface area contributed by atoms with Crippen LogP contribution in [0.1, 0.15) is 30.0 Å². The first-order chi connectivity index (χ1) is 8.60. The molecule has 0 bridgehead atoms. The highest BCUT2D eigenvalue weighted by Gasteiger charge is 2.23. The van der Waals surface area contributed by atoms with Crippen LogP contribution in [0.15, 0.2) is 15.5 Å². The highest BCUT2D eigenvalue weighted by molar-refractivity contribution is 6.03. The lowest BCUT2D eigenvalue weighted by molar-refractivity contribution is 0.0526. The minimum Gasteiger partial charge on any atom is -0.462 e. The molecule has 0 amide bonds. The van der Waals surface area contributed by atoms with E-state index >= 15 is 0 Å². The fourth-order valence-electron chi connectivity index (χ4n) is 1.81. The number of aromatic nitrogens is 2. The molecule has 2 heterocycles. The summed E-state index contributed by atoms with van der Waals surface area (Å²) in [5, 5.41) is 0.190. The fourth-order valence-corrected chi connectivity index (χ4v) is 1.81. The number of hydrogen-bond acceptors (Lipinski definition) is 5. The van der Waals surface area contributed by atoms with Gasteiger partial charge in [0.2, 0.25) is 5.71 Å². The molecule has 0 saturated heterocycles. The third-order valence-electron chi connectivity index (χ3n) is 2.68. The molecule has 0 radical (unpaired) electrons. The second-order valence-corrected chi connectivity index (χ2v) is 3.77. The van der Waals surface area contributed by atoms with E-state index in [0.29, 0.717) is 12.3 Å². The maximum absolute atomic E-state index is 12.2. The Balaban J connectivity index is 2.76. The molecule has 0 aliphatic heterocycles. The molecule has 0 N–H and O–H groups in total. The fraction of sp³-hybridized carbons (Fsp3) is 0.417. The monoisotopic (exact) mass is 250 g/mol. The summed E-state index contributed by atoms with van der Waals surface area (Å²) in [7, 11) is 0. The maximum atomic E-state index is 12.2. The zero-order valence-corrected chi connectivity index (χ0v) is 10.5. The lowest BCUT2D eigenvalue weighted by Gasteiger charge is -2.01. The Hall–Kier alpha value is -2.11. The quantitative estimate of drug-likeness (QED) is 0.771. The van der Waals surface area contributed by atoms with Crippen LogP contribution in [0.5, 0.6) is 0 Å². The van der Waals surface area contributed by atoms with Gasteiger partial charge in [-0.1, -0.05) is 0 Å². The van der Waals surface area contributed by atoms with Crippen molar-refractivity contribution < 1.29 is 13.9 Å². The molecule has 18 heavy (non-hydrogen) atoms. The van der Waals surface area contributed by atoms with E-state index in [1.807, 2.05) is 6.92 Å². The topological polar surface area (TPSA) is 74.3 Å². The van der Waals surface area contributed by atoms with Gasteiger partial charge in [0.05, 0.1) is 6.61 Å². The third-order valence-corrected chi connectivity index (χ3v) is 2.68. The Morgan fingerprint density at radius 3 is 2.83 bits per heavy atom. The molecule has 0 aliphatic carbocycles. The largest absolute Gasteiger partial charge is 0.462 e. The Morgan fingerprint density at radius 2 is 2.22 bits per heavy atom. The summed E-state index contributed by atoms with van der Waals surface area (Å²) in [4.78, 5) is 28.0. The molecule has 0 aliphatic rings. The molecule has 96 valence electrons.